The van der Waals surface area contributed by atoms with Crippen LogP contribution in [0, 0.1) is 0 Å². The smallest absolute Gasteiger partial charge is 0.387 e. The maximum Gasteiger partial charge on any atom is 0.387 e. The lowest BCUT2D eigenvalue weighted by Gasteiger charge is -2.11. The highest BCUT2D eigenvalue weighted by atomic mass is 35.5. The van der Waals surface area contributed by atoms with Gasteiger partial charge >= 0.3 is 6.61 Å². The summed E-state index contributed by atoms with van der Waals surface area (Å²) in [6, 6.07) is 5.98. The van der Waals surface area contributed by atoms with Crippen LogP contribution in [0.25, 0.3) is 0 Å². The second-order valence-electron chi connectivity index (χ2n) is 4.81. The quantitative estimate of drug-likeness (QED) is 0.424. The van der Waals surface area contributed by atoms with Crippen molar-refractivity contribution in [2.45, 2.75) is 13.5 Å². The lowest BCUT2D eigenvalue weighted by Crippen LogP contribution is -2.22. The van der Waals surface area contributed by atoms with E-state index in [1.54, 1.807) is 6.07 Å². The summed E-state index contributed by atoms with van der Waals surface area (Å²) in [7, 11) is 0. The minimum atomic E-state index is -3.00. The Morgan fingerprint density at radius 2 is 1.92 bits per heavy atom. The molecule has 1 amide bonds. The van der Waals surface area contributed by atoms with Crippen LogP contribution < -0.4 is 15.9 Å². The molecule has 1 aromatic carbocycles. The van der Waals surface area contributed by atoms with Crippen molar-refractivity contribution >= 4 is 52.1 Å². The largest absolute Gasteiger partial charge is 0.434 e. The van der Waals surface area contributed by atoms with E-state index >= 15 is 0 Å². The summed E-state index contributed by atoms with van der Waals surface area (Å²) in [6.07, 6.45) is 0. The van der Waals surface area contributed by atoms with E-state index in [2.05, 4.69) is 20.2 Å². The number of aromatic nitrogens is 1. The summed E-state index contributed by atoms with van der Waals surface area (Å²) in [6.45, 7) is -1.51. The number of carbonyl (C=O) groups is 1. The number of rotatable bonds is 5. The number of nitrogens with one attached hydrogen (secondary N) is 1. The van der Waals surface area contributed by atoms with Crippen LogP contribution in [0.1, 0.15) is 23.0 Å². The van der Waals surface area contributed by atoms with Gasteiger partial charge < -0.3 is 10.5 Å². The molecule has 2 rings (SSSR count). The SMILES string of the molecule is C/C(=N\NC(=O)c1nc(Cl)c(Cl)c(N)c1Cl)c1ccccc1OC(F)F. The molecule has 0 aliphatic carbocycles. The maximum atomic E-state index is 12.5. The molecule has 0 saturated carbocycles. The van der Waals surface area contributed by atoms with Crippen LogP contribution in [-0.2, 0) is 0 Å². The van der Waals surface area contributed by atoms with E-state index in [1.165, 1.54) is 25.1 Å². The number of nitrogens with zero attached hydrogens (tertiary/aromatic N) is 2. The normalized spacial score (nSPS) is 11.6. The first-order chi connectivity index (χ1) is 12.2. The third-order valence-electron chi connectivity index (χ3n) is 3.11. The molecule has 0 atom stereocenters. The van der Waals surface area contributed by atoms with Crippen LogP contribution in [0.15, 0.2) is 29.4 Å². The number of nitrogen functional groups attached to an aromatic ring is 1. The fourth-order valence-electron chi connectivity index (χ4n) is 1.89. The molecule has 11 heteroatoms. The van der Waals surface area contributed by atoms with Gasteiger partial charge in [-0.2, -0.15) is 13.9 Å². The number of nitrogens with two attached hydrogens (primary N) is 1. The summed E-state index contributed by atoms with van der Waals surface area (Å²) >= 11 is 17.5. The molecule has 1 heterocycles. The van der Waals surface area contributed by atoms with Crippen LogP contribution in [0.3, 0.4) is 0 Å². The van der Waals surface area contributed by atoms with Gasteiger partial charge in [0.2, 0.25) is 0 Å². The van der Waals surface area contributed by atoms with Crippen molar-refractivity contribution in [3.05, 3.63) is 50.7 Å². The Morgan fingerprint density at radius 3 is 2.58 bits per heavy atom. The van der Waals surface area contributed by atoms with Gasteiger partial charge in [0.05, 0.1) is 16.4 Å². The highest BCUT2D eigenvalue weighted by molar-refractivity contribution is 6.46. The van der Waals surface area contributed by atoms with Crippen molar-refractivity contribution in [3.63, 3.8) is 0 Å². The van der Waals surface area contributed by atoms with Crippen LogP contribution >= 0.6 is 34.8 Å². The van der Waals surface area contributed by atoms with Gasteiger partial charge in [-0.1, -0.05) is 46.9 Å². The fourth-order valence-corrected chi connectivity index (χ4v) is 2.49. The molecule has 0 bridgehead atoms. The Labute approximate surface area is 161 Å². The molecule has 1 aromatic heterocycles. The summed E-state index contributed by atoms with van der Waals surface area (Å²) in [5, 5.41) is 3.37. The highest BCUT2D eigenvalue weighted by Crippen LogP contribution is 2.34. The number of hydrazone groups is 1. The number of amides is 1. The number of pyridine rings is 1. The number of ether oxygens (including phenoxy) is 1. The van der Waals surface area contributed by atoms with Crippen molar-refractivity contribution < 1.29 is 18.3 Å². The molecule has 0 aliphatic heterocycles. The van der Waals surface area contributed by atoms with Gasteiger partial charge in [-0.25, -0.2) is 10.4 Å². The van der Waals surface area contributed by atoms with Crippen molar-refractivity contribution in [2.75, 3.05) is 5.73 Å². The number of carbonyl (C=O) groups excluding carboxylic acids is 1. The zero-order valence-electron chi connectivity index (χ0n) is 13.1. The van der Waals surface area contributed by atoms with Crippen LogP contribution in [0.2, 0.25) is 15.2 Å². The first-order valence-electron chi connectivity index (χ1n) is 6.91. The van der Waals surface area contributed by atoms with E-state index in [0.29, 0.717) is 0 Å². The average Bonchev–Trinajstić information content (AvgIpc) is 2.60. The molecule has 3 N–H and O–H groups in total. The first-order valence-corrected chi connectivity index (χ1v) is 8.04. The van der Waals surface area contributed by atoms with E-state index in [9.17, 15) is 13.6 Å². The van der Waals surface area contributed by atoms with Crippen molar-refractivity contribution in [2.24, 2.45) is 5.10 Å². The summed E-state index contributed by atoms with van der Waals surface area (Å²) < 4.78 is 29.3. The molecule has 0 spiro atoms. The van der Waals surface area contributed by atoms with Crippen LogP contribution in [-0.4, -0.2) is 23.2 Å². The van der Waals surface area contributed by atoms with E-state index in [1.807, 2.05) is 0 Å². The van der Waals surface area contributed by atoms with Gasteiger partial charge in [-0.3, -0.25) is 4.79 Å². The Kier molecular flexibility index (Phi) is 6.57. The van der Waals surface area contributed by atoms with Gasteiger partial charge in [0.1, 0.15) is 10.8 Å². The molecule has 2 aromatic rings. The van der Waals surface area contributed by atoms with E-state index in [-0.39, 0.29) is 43.6 Å². The number of anilines is 1. The van der Waals surface area contributed by atoms with Gasteiger partial charge in [0.15, 0.2) is 10.8 Å². The zero-order valence-corrected chi connectivity index (χ0v) is 15.3. The second kappa shape index (κ2) is 8.48. The average molecular weight is 424 g/mol. The molecule has 0 saturated heterocycles. The number of hydrogen-bond acceptors (Lipinski definition) is 5. The molecule has 26 heavy (non-hydrogen) atoms. The second-order valence-corrected chi connectivity index (χ2v) is 5.92. The summed E-state index contributed by atoms with van der Waals surface area (Å²) in [4.78, 5) is 16.0. The highest BCUT2D eigenvalue weighted by Gasteiger charge is 2.20. The van der Waals surface area contributed by atoms with E-state index in [0.717, 1.165) is 0 Å². The minimum absolute atomic E-state index is 0.0778. The lowest BCUT2D eigenvalue weighted by atomic mass is 10.1. The van der Waals surface area contributed by atoms with Gasteiger partial charge in [0.25, 0.3) is 5.91 Å². The minimum Gasteiger partial charge on any atom is -0.434 e. The number of hydrogen-bond donors (Lipinski definition) is 2. The Hall–Kier alpha value is -2.16. The lowest BCUT2D eigenvalue weighted by molar-refractivity contribution is -0.0499. The summed E-state index contributed by atoms with van der Waals surface area (Å²) in [5.41, 5.74) is 7.92. The molecular weight excluding hydrogens is 413 g/mol. The zero-order chi connectivity index (χ0) is 19.4. The Balaban J connectivity index is 2.26. The molecule has 0 fully saturated rings. The van der Waals surface area contributed by atoms with Crippen molar-refractivity contribution in [3.8, 4) is 5.75 Å². The molecular formula is C15H11Cl3F2N4O2. The van der Waals surface area contributed by atoms with E-state index < -0.39 is 12.5 Å². The number of halogens is 5. The first kappa shape index (κ1) is 20.2. The number of para-hydroxylation sites is 1. The molecule has 0 radical (unpaired) electrons. The third-order valence-corrected chi connectivity index (χ3v) is 4.24. The molecule has 0 aliphatic rings. The van der Waals surface area contributed by atoms with Crippen LogP contribution in [0.5, 0.6) is 5.75 Å². The molecule has 0 unspecified atom stereocenters. The van der Waals surface area contributed by atoms with Crippen molar-refractivity contribution in [1.29, 1.82) is 0 Å². The standard InChI is InChI=1S/C15H11Cl3F2N4O2/c1-6(7-4-2-3-5-8(7)26-15(19)20)23-24-14(25)12-9(16)11(21)10(17)13(18)22-12/h2-5,15H,1H3,(H2,21,22)(H,24,25)/b23-6+. The Morgan fingerprint density at radius 1 is 1.27 bits per heavy atom. The third kappa shape index (κ3) is 4.51. The van der Waals surface area contributed by atoms with Gasteiger partial charge in [0, 0.05) is 5.56 Å². The molecule has 6 nitrogen and oxygen atoms in total. The maximum absolute atomic E-state index is 12.5. The number of benzene rings is 1. The Bertz CT molecular complexity index is 878. The predicted molar refractivity (Wildman–Crippen MR) is 96.4 cm³/mol. The molecule has 138 valence electrons. The van der Waals surface area contributed by atoms with Crippen LogP contribution in [0.4, 0.5) is 14.5 Å². The van der Waals surface area contributed by atoms with Gasteiger partial charge in [-0.05, 0) is 19.1 Å². The monoisotopic (exact) mass is 422 g/mol. The van der Waals surface area contributed by atoms with E-state index in [4.69, 9.17) is 40.5 Å². The summed E-state index contributed by atoms with van der Waals surface area (Å²) in [5.74, 6) is -0.903. The predicted octanol–water partition coefficient (Wildman–Crippen LogP) is 4.38. The topological polar surface area (TPSA) is 89.6 Å². The van der Waals surface area contributed by atoms with Gasteiger partial charge in [-0.15, -0.1) is 0 Å². The van der Waals surface area contributed by atoms with Crippen molar-refractivity contribution in [1.82, 2.24) is 10.4 Å². The fraction of sp³-hybridized carbons (Fsp3) is 0.133. The number of alkyl halides is 2.